The van der Waals surface area contributed by atoms with Crippen LogP contribution in [0.4, 0.5) is 17.5 Å². The molecule has 1 saturated heterocycles. The van der Waals surface area contributed by atoms with Crippen molar-refractivity contribution in [3.05, 3.63) is 24.0 Å². The largest absolute Gasteiger partial charge is 0.488 e. The highest BCUT2D eigenvalue weighted by molar-refractivity contribution is 5.58. The normalized spacial score (nSPS) is 16.8. The average molecular weight is 387 g/mol. The standard InChI is InChI=1S/C20H30N6O2/c1-5-15-10-18(21-3)25-20(23-15)24-16-9-17(19(27-4)22-11-16)28-13-14-7-8-26(6-2)12-14/h9-11,14H,5-8,12-13H2,1-4H3,(H2,21,23,24,25)/t14-/m1/s1. The van der Waals surface area contributed by atoms with Gasteiger partial charge in [-0.25, -0.2) is 9.97 Å². The van der Waals surface area contributed by atoms with E-state index in [0.717, 1.165) is 49.7 Å². The van der Waals surface area contributed by atoms with Crippen molar-refractivity contribution in [2.24, 2.45) is 5.92 Å². The lowest BCUT2D eigenvalue weighted by atomic mass is 10.1. The summed E-state index contributed by atoms with van der Waals surface area (Å²) in [5.74, 6) is 2.94. The molecule has 8 heteroatoms. The van der Waals surface area contributed by atoms with Crippen molar-refractivity contribution >= 4 is 17.5 Å². The maximum Gasteiger partial charge on any atom is 0.256 e. The molecule has 1 atom stereocenters. The number of aromatic nitrogens is 3. The van der Waals surface area contributed by atoms with Crippen LogP contribution in [0.15, 0.2) is 18.3 Å². The van der Waals surface area contributed by atoms with Crippen LogP contribution in [0.5, 0.6) is 11.6 Å². The summed E-state index contributed by atoms with van der Waals surface area (Å²) in [6.07, 6.45) is 3.68. The zero-order valence-corrected chi connectivity index (χ0v) is 17.2. The zero-order chi connectivity index (χ0) is 19.9. The van der Waals surface area contributed by atoms with E-state index in [4.69, 9.17) is 9.47 Å². The van der Waals surface area contributed by atoms with Crippen LogP contribution in [0.1, 0.15) is 26.0 Å². The summed E-state index contributed by atoms with van der Waals surface area (Å²) in [6, 6.07) is 3.83. The summed E-state index contributed by atoms with van der Waals surface area (Å²) in [5, 5.41) is 6.28. The van der Waals surface area contributed by atoms with Gasteiger partial charge in [0.25, 0.3) is 5.88 Å². The smallest absolute Gasteiger partial charge is 0.256 e. The van der Waals surface area contributed by atoms with Gasteiger partial charge >= 0.3 is 0 Å². The summed E-state index contributed by atoms with van der Waals surface area (Å²) < 4.78 is 11.4. The molecule has 1 fully saturated rings. The van der Waals surface area contributed by atoms with Crippen LogP contribution < -0.4 is 20.1 Å². The number of likely N-dealkylation sites (tertiary alicyclic amines) is 1. The number of rotatable bonds is 9. The molecule has 3 heterocycles. The maximum absolute atomic E-state index is 6.07. The van der Waals surface area contributed by atoms with Crippen LogP contribution in [0.2, 0.25) is 0 Å². The maximum atomic E-state index is 6.07. The third-order valence-corrected chi connectivity index (χ3v) is 4.96. The molecule has 2 aromatic rings. The van der Waals surface area contributed by atoms with Crippen LogP contribution in [0, 0.1) is 5.92 Å². The van der Waals surface area contributed by atoms with Crippen molar-refractivity contribution in [3.8, 4) is 11.6 Å². The molecule has 1 aliphatic heterocycles. The highest BCUT2D eigenvalue weighted by atomic mass is 16.5. The highest BCUT2D eigenvalue weighted by Crippen LogP contribution is 2.30. The fourth-order valence-electron chi connectivity index (χ4n) is 3.29. The third kappa shape index (κ3) is 5.01. The second-order valence-electron chi connectivity index (χ2n) is 6.89. The van der Waals surface area contributed by atoms with Crippen LogP contribution in [0.3, 0.4) is 0 Å². The number of aryl methyl sites for hydroxylation is 1. The average Bonchev–Trinajstić information content (AvgIpc) is 3.20. The summed E-state index contributed by atoms with van der Waals surface area (Å²) in [7, 11) is 3.44. The van der Waals surface area contributed by atoms with E-state index in [-0.39, 0.29) is 0 Å². The second-order valence-corrected chi connectivity index (χ2v) is 6.89. The Morgan fingerprint density at radius 2 is 2.11 bits per heavy atom. The predicted molar refractivity (Wildman–Crippen MR) is 111 cm³/mol. The quantitative estimate of drug-likeness (QED) is 0.680. The lowest BCUT2D eigenvalue weighted by Crippen LogP contribution is -2.22. The highest BCUT2D eigenvalue weighted by Gasteiger charge is 2.22. The fourth-order valence-corrected chi connectivity index (χ4v) is 3.29. The van der Waals surface area contributed by atoms with Gasteiger partial charge < -0.3 is 25.0 Å². The van der Waals surface area contributed by atoms with E-state index in [2.05, 4.69) is 44.3 Å². The SMILES string of the molecule is CCc1cc(NC)nc(Nc2cnc(OC)c(OC[C@@H]3CCN(CC)C3)c2)n1. The molecule has 0 aliphatic carbocycles. The first-order chi connectivity index (χ1) is 13.6. The molecule has 0 amide bonds. The Morgan fingerprint density at radius 1 is 1.25 bits per heavy atom. The first kappa shape index (κ1) is 20.1. The van der Waals surface area contributed by atoms with Gasteiger partial charge in [-0.3, -0.25) is 0 Å². The topological polar surface area (TPSA) is 84.4 Å². The van der Waals surface area contributed by atoms with Crippen molar-refractivity contribution in [1.82, 2.24) is 19.9 Å². The number of ether oxygens (including phenoxy) is 2. The predicted octanol–water partition coefficient (Wildman–Crippen LogP) is 2.95. The lowest BCUT2D eigenvalue weighted by molar-refractivity contribution is 0.232. The molecule has 0 unspecified atom stereocenters. The number of anilines is 3. The molecule has 1 aliphatic rings. The molecule has 28 heavy (non-hydrogen) atoms. The van der Waals surface area contributed by atoms with Crippen LogP contribution in [-0.2, 0) is 6.42 Å². The van der Waals surface area contributed by atoms with Gasteiger partial charge in [-0.05, 0) is 25.9 Å². The van der Waals surface area contributed by atoms with Crippen LogP contribution in [-0.4, -0.2) is 60.3 Å². The molecular weight excluding hydrogens is 356 g/mol. The number of methoxy groups -OCH3 is 1. The van der Waals surface area contributed by atoms with E-state index < -0.39 is 0 Å². The Balaban J connectivity index is 1.72. The molecule has 2 N–H and O–H groups in total. The Labute approximate surface area is 166 Å². The van der Waals surface area contributed by atoms with Gasteiger partial charge in [-0.1, -0.05) is 13.8 Å². The van der Waals surface area contributed by atoms with Gasteiger partial charge in [-0.2, -0.15) is 4.98 Å². The minimum absolute atomic E-state index is 0.482. The molecule has 0 radical (unpaired) electrons. The molecule has 2 aromatic heterocycles. The summed E-state index contributed by atoms with van der Waals surface area (Å²) in [6.45, 7) is 8.22. The number of nitrogens with one attached hydrogen (secondary N) is 2. The first-order valence-corrected chi connectivity index (χ1v) is 9.87. The summed E-state index contributed by atoms with van der Waals surface area (Å²) in [4.78, 5) is 15.8. The summed E-state index contributed by atoms with van der Waals surface area (Å²) >= 11 is 0. The van der Waals surface area contributed by atoms with Gasteiger partial charge in [-0.15, -0.1) is 0 Å². The molecule has 8 nitrogen and oxygen atoms in total. The Bertz CT molecular complexity index is 763. The Morgan fingerprint density at radius 3 is 2.79 bits per heavy atom. The molecule has 3 rings (SSSR count). The molecule has 152 valence electrons. The zero-order valence-electron chi connectivity index (χ0n) is 17.2. The van der Waals surface area contributed by atoms with Gasteiger partial charge in [0.1, 0.15) is 5.82 Å². The lowest BCUT2D eigenvalue weighted by Gasteiger charge is -2.16. The number of hydrogen-bond donors (Lipinski definition) is 2. The molecule has 0 saturated carbocycles. The van der Waals surface area contributed by atoms with Gasteiger partial charge in [0.2, 0.25) is 5.95 Å². The monoisotopic (exact) mass is 386 g/mol. The third-order valence-electron chi connectivity index (χ3n) is 4.96. The van der Waals surface area contributed by atoms with E-state index in [1.165, 1.54) is 0 Å². The fraction of sp³-hybridized carbons (Fsp3) is 0.550. The van der Waals surface area contributed by atoms with E-state index in [9.17, 15) is 0 Å². The number of nitrogens with zero attached hydrogens (tertiary/aromatic N) is 4. The number of hydrogen-bond acceptors (Lipinski definition) is 8. The van der Waals surface area contributed by atoms with E-state index in [1.807, 2.05) is 19.2 Å². The van der Waals surface area contributed by atoms with Crippen molar-refractivity contribution in [2.75, 3.05) is 51.0 Å². The Kier molecular flexibility index (Phi) is 6.86. The van der Waals surface area contributed by atoms with Crippen molar-refractivity contribution in [1.29, 1.82) is 0 Å². The molecular formula is C20H30N6O2. The van der Waals surface area contributed by atoms with E-state index in [1.54, 1.807) is 13.3 Å². The molecule has 0 spiro atoms. The number of pyridine rings is 1. The van der Waals surface area contributed by atoms with E-state index in [0.29, 0.717) is 30.1 Å². The van der Waals surface area contributed by atoms with Crippen molar-refractivity contribution in [3.63, 3.8) is 0 Å². The molecule has 0 aromatic carbocycles. The van der Waals surface area contributed by atoms with Gasteiger partial charge in [0.05, 0.1) is 25.6 Å². The first-order valence-electron chi connectivity index (χ1n) is 9.87. The van der Waals surface area contributed by atoms with Crippen LogP contribution in [0.25, 0.3) is 0 Å². The minimum Gasteiger partial charge on any atom is -0.488 e. The van der Waals surface area contributed by atoms with E-state index >= 15 is 0 Å². The van der Waals surface area contributed by atoms with Crippen molar-refractivity contribution in [2.45, 2.75) is 26.7 Å². The van der Waals surface area contributed by atoms with Gasteiger partial charge in [0, 0.05) is 37.3 Å². The summed E-state index contributed by atoms with van der Waals surface area (Å²) in [5.41, 5.74) is 1.72. The molecule has 0 bridgehead atoms. The Hall–Kier alpha value is -2.61. The minimum atomic E-state index is 0.482. The van der Waals surface area contributed by atoms with Crippen molar-refractivity contribution < 1.29 is 9.47 Å². The van der Waals surface area contributed by atoms with Gasteiger partial charge in [0.15, 0.2) is 5.75 Å². The second kappa shape index (κ2) is 9.54. The van der Waals surface area contributed by atoms with Crippen LogP contribution >= 0.6 is 0 Å².